The van der Waals surface area contributed by atoms with Gasteiger partial charge in [-0.1, -0.05) is 24.3 Å². The Kier molecular flexibility index (Phi) is 7.89. The third-order valence-electron chi connectivity index (χ3n) is 8.37. The molecule has 44 heavy (non-hydrogen) atoms. The largest absolute Gasteiger partial charge is 0.488 e. The number of nitrogens with zero attached hydrogens (tertiary/aromatic N) is 3. The maximum Gasteiger partial charge on any atom is 0.419 e. The lowest BCUT2D eigenvalue weighted by molar-refractivity contribution is -0.139. The van der Waals surface area contributed by atoms with Crippen LogP contribution in [0.3, 0.4) is 0 Å². The number of fused-ring (bicyclic) bond motifs is 2. The van der Waals surface area contributed by atoms with Crippen molar-refractivity contribution >= 4 is 17.0 Å². The molecule has 1 atom stereocenters. The smallest absolute Gasteiger partial charge is 0.419 e. The number of aromatic carboxylic acids is 1. The van der Waals surface area contributed by atoms with Gasteiger partial charge in [-0.15, -0.1) is 0 Å². The number of imidazole rings is 1. The maximum absolute atomic E-state index is 14.1. The van der Waals surface area contributed by atoms with Crippen LogP contribution in [0.2, 0.25) is 0 Å². The molecule has 2 aliphatic rings. The minimum atomic E-state index is -4.57. The van der Waals surface area contributed by atoms with Crippen LogP contribution in [-0.2, 0) is 49.2 Å². The summed E-state index contributed by atoms with van der Waals surface area (Å²) in [6.07, 6.45) is -3.21. The van der Waals surface area contributed by atoms with E-state index in [1.807, 2.05) is 4.57 Å². The molecule has 8 nitrogen and oxygen atoms in total. The molecule has 0 amide bonds. The van der Waals surface area contributed by atoms with E-state index in [2.05, 4.69) is 4.90 Å². The van der Waals surface area contributed by atoms with Crippen molar-refractivity contribution in [2.45, 2.75) is 70.8 Å². The summed E-state index contributed by atoms with van der Waals surface area (Å²) in [6, 6.07) is 14.5. The summed E-state index contributed by atoms with van der Waals surface area (Å²) >= 11 is 0. The van der Waals surface area contributed by atoms with Crippen molar-refractivity contribution in [1.82, 2.24) is 14.5 Å². The number of benzene rings is 3. The van der Waals surface area contributed by atoms with E-state index in [0.29, 0.717) is 66.9 Å². The van der Waals surface area contributed by atoms with Gasteiger partial charge >= 0.3 is 12.1 Å². The molecule has 0 aliphatic carbocycles. The average Bonchev–Trinajstić information content (AvgIpc) is 3.28. The van der Waals surface area contributed by atoms with Crippen LogP contribution in [0.1, 0.15) is 64.3 Å². The molecule has 0 radical (unpaired) electrons. The first-order valence-electron chi connectivity index (χ1n) is 14.6. The zero-order valence-corrected chi connectivity index (χ0v) is 24.5. The molecule has 1 aromatic heterocycles. The van der Waals surface area contributed by atoms with Crippen LogP contribution in [0.15, 0.2) is 54.6 Å². The second-order valence-corrected chi connectivity index (χ2v) is 12.0. The van der Waals surface area contributed by atoms with E-state index in [4.69, 9.17) is 14.5 Å². The molecule has 232 valence electrons. The molecule has 4 aromatic rings. The first-order valence-corrected chi connectivity index (χ1v) is 14.6. The maximum atomic E-state index is 14.1. The minimum Gasteiger partial charge on any atom is -0.488 e. The Hall–Kier alpha value is -3.93. The van der Waals surface area contributed by atoms with Gasteiger partial charge in [-0.25, -0.2) is 9.78 Å². The van der Waals surface area contributed by atoms with Gasteiger partial charge in [-0.2, -0.15) is 13.2 Å². The normalized spacial score (nSPS) is 17.4. The second kappa shape index (κ2) is 11.5. The summed E-state index contributed by atoms with van der Waals surface area (Å²) in [7, 11) is 0. The van der Waals surface area contributed by atoms with Gasteiger partial charge in [0.25, 0.3) is 0 Å². The van der Waals surface area contributed by atoms with E-state index in [0.717, 1.165) is 17.8 Å². The van der Waals surface area contributed by atoms with Crippen LogP contribution in [-0.4, -0.2) is 49.9 Å². The minimum absolute atomic E-state index is 0.0218. The molecule has 3 aromatic carbocycles. The van der Waals surface area contributed by atoms with Crippen LogP contribution >= 0.6 is 0 Å². The Balaban J connectivity index is 1.24. The molecule has 2 N–H and O–H groups in total. The van der Waals surface area contributed by atoms with Crippen LogP contribution < -0.4 is 4.74 Å². The molecule has 0 bridgehead atoms. The molecule has 0 unspecified atom stereocenters. The highest BCUT2D eigenvalue weighted by molar-refractivity contribution is 5.92. The number of carboxylic acid groups (broad SMARTS) is 1. The molecule has 3 heterocycles. The van der Waals surface area contributed by atoms with Crippen LogP contribution in [0.5, 0.6) is 5.75 Å². The summed E-state index contributed by atoms with van der Waals surface area (Å²) in [5.41, 5.74) is 2.53. The number of hydrogen-bond acceptors (Lipinski definition) is 6. The van der Waals surface area contributed by atoms with Gasteiger partial charge in [0.1, 0.15) is 18.2 Å². The first kappa shape index (κ1) is 30.1. The fourth-order valence-electron chi connectivity index (χ4n) is 5.75. The predicted molar refractivity (Wildman–Crippen MR) is 156 cm³/mol. The van der Waals surface area contributed by atoms with Crippen molar-refractivity contribution in [3.8, 4) is 5.75 Å². The van der Waals surface area contributed by atoms with Crippen LogP contribution in [0, 0.1) is 0 Å². The van der Waals surface area contributed by atoms with E-state index >= 15 is 0 Å². The Morgan fingerprint density at radius 3 is 2.48 bits per heavy atom. The molecule has 6 rings (SSSR count). The number of carboxylic acids is 1. The predicted octanol–water partition coefficient (Wildman–Crippen LogP) is 5.91. The quantitative estimate of drug-likeness (QED) is 0.244. The standard InChI is InChI=1S/C33H34F3N3O5/c1-32(2,42)24-6-3-20(4-7-24)19-44-29-15-23-16-38(11-9-21(23)13-26(29)33(34,35)36)18-30-37-27-8-5-22(31(40)41)14-28(27)39(30)17-25-10-12-43-25/h3-8,13-15,25,42H,9-12,16-19H2,1-2H3,(H,40,41)/t25-/m0/s1. The zero-order valence-electron chi connectivity index (χ0n) is 24.5. The number of carbonyl (C=O) groups is 1. The van der Waals surface area contributed by atoms with Crippen molar-refractivity contribution in [2.24, 2.45) is 0 Å². The summed E-state index contributed by atoms with van der Waals surface area (Å²) in [5, 5.41) is 19.7. The molecule has 0 saturated carbocycles. The lowest BCUT2D eigenvalue weighted by Crippen LogP contribution is -2.34. The number of aromatic nitrogens is 2. The highest BCUT2D eigenvalue weighted by Gasteiger charge is 2.36. The molecule has 1 saturated heterocycles. The van der Waals surface area contributed by atoms with Gasteiger partial charge in [-0.3, -0.25) is 4.90 Å². The lowest BCUT2D eigenvalue weighted by Gasteiger charge is -2.31. The van der Waals surface area contributed by atoms with E-state index in [1.54, 1.807) is 50.2 Å². The fourth-order valence-corrected chi connectivity index (χ4v) is 5.75. The van der Waals surface area contributed by atoms with Crippen molar-refractivity contribution < 1.29 is 37.7 Å². The number of hydrogen-bond donors (Lipinski definition) is 2. The van der Waals surface area contributed by atoms with Gasteiger partial charge in [0.15, 0.2) is 0 Å². The Morgan fingerprint density at radius 1 is 1.09 bits per heavy atom. The third-order valence-corrected chi connectivity index (χ3v) is 8.37. The van der Waals surface area contributed by atoms with Crippen molar-refractivity contribution in [1.29, 1.82) is 0 Å². The van der Waals surface area contributed by atoms with Crippen molar-refractivity contribution in [3.63, 3.8) is 0 Å². The van der Waals surface area contributed by atoms with Crippen LogP contribution in [0.25, 0.3) is 11.0 Å². The van der Waals surface area contributed by atoms with Gasteiger partial charge in [0, 0.05) is 19.7 Å². The van der Waals surface area contributed by atoms with Crippen LogP contribution in [0.4, 0.5) is 13.2 Å². The Bertz CT molecular complexity index is 1690. The number of ether oxygens (including phenoxy) is 2. The van der Waals surface area contributed by atoms with E-state index in [9.17, 15) is 28.2 Å². The molecule has 1 fully saturated rings. The number of alkyl halides is 3. The molecule has 2 aliphatic heterocycles. The van der Waals surface area contributed by atoms with E-state index < -0.39 is 23.3 Å². The highest BCUT2D eigenvalue weighted by Crippen LogP contribution is 2.40. The molecular weight excluding hydrogens is 575 g/mol. The average molecular weight is 610 g/mol. The molecular formula is C33H34F3N3O5. The number of halogens is 3. The highest BCUT2D eigenvalue weighted by atomic mass is 19.4. The van der Waals surface area contributed by atoms with Crippen molar-refractivity contribution in [3.05, 3.63) is 93.8 Å². The molecule has 11 heteroatoms. The summed E-state index contributed by atoms with van der Waals surface area (Å²) in [5.74, 6) is -0.490. The van der Waals surface area contributed by atoms with Gasteiger partial charge in [0.05, 0.1) is 47.0 Å². The third kappa shape index (κ3) is 6.31. The fraction of sp³-hybridized carbons (Fsp3) is 0.394. The first-order chi connectivity index (χ1) is 20.8. The van der Waals surface area contributed by atoms with Gasteiger partial charge in [-0.05, 0) is 79.3 Å². The monoisotopic (exact) mass is 609 g/mol. The van der Waals surface area contributed by atoms with Gasteiger partial charge < -0.3 is 24.3 Å². The van der Waals surface area contributed by atoms with E-state index in [1.165, 1.54) is 18.2 Å². The SMILES string of the molecule is CC(C)(O)c1ccc(COc2cc3c(cc2C(F)(F)F)CCN(Cc2nc4ccc(C(=O)O)cc4n2C[C@@H]2CCO2)C3)cc1. The number of rotatable bonds is 9. The Morgan fingerprint density at radius 2 is 1.84 bits per heavy atom. The molecule has 0 spiro atoms. The second-order valence-electron chi connectivity index (χ2n) is 12.0. The topological polar surface area (TPSA) is 97.0 Å². The summed E-state index contributed by atoms with van der Waals surface area (Å²) < 4.78 is 55.7. The zero-order chi connectivity index (χ0) is 31.2. The summed E-state index contributed by atoms with van der Waals surface area (Å²) in [4.78, 5) is 18.6. The number of aliphatic hydroxyl groups is 1. The Labute approximate surface area is 252 Å². The van der Waals surface area contributed by atoms with E-state index in [-0.39, 0.29) is 24.0 Å². The summed E-state index contributed by atoms with van der Waals surface area (Å²) in [6.45, 7) is 5.90. The lowest BCUT2D eigenvalue weighted by atomic mass is 9.96. The van der Waals surface area contributed by atoms with Crippen molar-refractivity contribution in [2.75, 3.05) is 13.2 Å². The van der Waals surface area contributed by atoms with Gasteiger partial charge in [0.2, 0.25) is 0 Å².